The number of aromatic nitrogens is 1. The molecule has 120 valence electrons. The monoisotopic (exact) mass is 313 g/mol. The van der Waals surface area contributed by atoms with Gasteiger partial charge in [-0.2, -0.15) is 0 Å². The molecule has 2 aromatic heterocycles. The molecule has 0 unspecified atom stereocenters. The van der Waals surface area contributed by atoms with Crippen LogP contribution >= 0.6 is 0 Å². The van der Waals surface area contributed by atoms with E-state index in [1.54, 1.807) is 37.6 Å². The summed E-state index contributed by atoms with van der Waals surface area (Å²) in [5.74, 6) is 0.440. The Morgan fingerprint density at radius 1 is 1.30 bits per heavy atom. The molecule has 1 fully saturated rings. The maximum absolute atomic E-state index is 12.4. The van der Waals surface area contributed by atoms with Crippen molar-refractivity contribution in [2.45, 2.75) is 31.7 Å². The number of pyridine rings is 1. The lowest BCUT2D eigenvalue weighted by atomic mass is 10.2. The second kappa shape index (κ2) is 6.64. The Bertz CT molecular complexity index is 736. The van der Waals surface area contributed by atoms with Crippen molar-refractivity contribution in [3.05, 3.63) is 47.1 Å². The molecule has 0 spiro atoms. The minimum absolute atomic E-state index is 0.0436. The molecular weight excluding hydrogens is 294 g/mol. The zero-order valence-electron chi connectivity index (χ0n) is 13.0. The maximum atomic E-state index is 12.4. The predicted molar refractivity (Wildman–Crippen MR) is 87.4 cm³/mol. The summed E-state index contributed by atoms with van der Waals surface area (Å²) in [6.45, 7) is 0. The lowest BCUT2D eigenvalue weighted by molar-refractivity contribution is 0.245. The largest absolute Gasteiger partial charge is 0.421 e. The van der Waals surface area contributed by atoms with Crippen LogP contribution in [0.1, 0.15) is 25.7 Å². The highest BCUT2D eigenvalue weighted by atomic mass is 16.4. The van der Waals surface area contributed by atoms with Gasteiger partial charge in [-0.25, -0.2) is 9.59 Å². The predicted octanol–water partition coefficient (Wildman–Crippen LogP) is 2.79. The molecule has 0 saturated heterocycles. The number of carbonyl (C=O) groups excluding carboxylic acids is 1. The first-order valence-electron chi connectivity index (χ1n) is 7.76. The summed E-state index contributed by atoms with van der Waals surface area (Å²) < 4.78 is 5.41. The molecule has 6 nitrogen and oxygen atoms in total. The Morgan fingerprint density at radius 2 is 2.09 bits per heavy atom. The molecule has 3 rings (SSSR count). The van der Waals surface area contributed by atoms with Gasteiger partial charge in [-0.05, 0) is 37.1 Å². The minimum Gasteiger partial charge on any atom is -0.421 e. The summed E-state index contributed by atoms with van der Waals surface area (Å²) in [5, 5.41) is 2.61. The first-order chi connectivity index (χ1) is 11.2. The van der Waals surface area contributed by atoms with Gasteiger partial charge >= 0.3 is 11.7 Å². The third-order valence-electron chi connectivity index (χ3n) is 4.13. The van der Waals surface area contributed by atoms with E-state index in [-0.39, 0.29) is 17.8 Å². The number of hydrogen-bond donors (Lipinski definition) is 1. The molecule has 2 aromatic rings. The van der Waals surface area contributed by atoms with Gasteiger partial charge in [0.05, 0.1) is 0 Å². The fraction of sp³-hybridized carbons (Fsp3) is 0.353. The van der Waals surface area contributed by atoms with Crippen LogP contribution in [0.2, 0.25) is 0 Å². The zero-order chi connectivity index (χ0) is 16.2. The molecule has 0 aromatic carbocycles. The summed E-state index contributed by atoms with van der Waals surface area (Å²) in [7, 11) is 1.57. The fourth-order valence-corrected chi connectivity index (χ4v) is 3.01. The summed E-state index contributed by atoms with van der Waals surface area (Å²) in [4.78, 5) is 30.2. The number of urea groups is 1. The number of nitrogens with one attached hydrogen (secondary N) is 1. The number of rotatable bonds is 3. The van der Waals surface area contributed by atoms with E-state index >= 15 is 0 Å². The van der Waals surface area contributed by atoms with Crippen LogP contribution in [0.4, 0.5) is 10.5 Å². The molecule has 23 heavy (non-hydrogen) atoms. The van der Waals surface area contributed by atoms with Crippen LogP contribution in [0.3, 0.4) is 0 Å². The normalized spacial score (nSPS) is 14.7. The van der Waals surface area contributed by atoms with Crippen LogP contribution in [0.5, 0.6) is 0 Å². The van der Waals surface area contributed by atoms with Crippen LogP contribution in [0.25, 0.3) is 11.3 Å². The molecule has 1 saturated carbocycles. The average molecular weight is 313 g/mol. The summed E-state index contributed by atoms with van der Waals surface area (Å²) in [5.41, 5.74) is 0.495. The standard InChI is InChI=1S/C17H19N3O3/c1-18-17(22)20(13-6-2-3-7-13)14-8-9-15(23-16(14)21)12-5-4-10-19-11-12/h4-5,8-11,13H,2-3,6-7H2,1H3,(H,18,22). The highest BCUT2D eigenvalue weighted by Gasteiger charge is 2.29. The molecule has 1 aliphatic carbocycles. The third kappa shape index (κ3) is 3.11. The summed E-state index contributed by atoms with van der Waals surface area (Å²) in [6, 6.07) is 6.72. The molecule has 0 aliphatic heterocycles. The van der Waals surface area contributed by atoms with Crippen molar-refractivity contribution in [3.63, 3.8) is 0 Å². The Labute approximate surface area is 134 Å². The lowest BCUT2D eigenvalue weighted by Gasteiger charge is -2.27. The minimum atomic E-state index is -0.512. The summed E-state index contributed by atoms with van der Waals surface area (Å²) >= 11 is 0. The Kier molecular flexibility index (Phi) is 4.41. The van der Waals surface area contributed by atoms with E-state index in [1.165, 1.54) is 4.90 Å². The second-order valence-electron chi connectivity index (χ2n) is 5.58. The van der Waals surface area contributed by atoms with E-state index < -0.39 is 5.63 Å². The quantitative estimate of drug-likeness (QED) is 0.945. The molecule has 2 amide bonds. The highest BCUT2D eigenvalue weighted by molar-refractivity contribution is 5.92. The van der Waals surface area contributed by atoms with E-state index in [2.05, 4.69) is 10.3 Å². The van der Waals surface area contributed by atoms with Gasteiger partial charge < -0.3 is 9.73 Å². The van der Waals surface area contributed by atoms with Gasteiger partial charge in [0.15, 0.2) is 0 Å². The van der Waals surface area contributed by atoms with Crippen LogP contribution < -0.4 is 15.8 Å². The first kappa shape index (κ1) is 15.3. The molecular formula is C17H19N3O3. The smallest absolute Gasteiger partial charge is 0.360 e. The lowest BCUT2D eigenvalue weighted by Crippen LogP contribution is -2.46. The molecule has 1 aliphatic rings. The number of amides is 2. The van der Waals surface area contributed by atoms with Gasteiger partial charge in [-0.1, -0.05) is 12.8 Å². The van der Waals surface area contributed by atoms with Crippen molar-refractivity contribution in [2.24, 2.45) is 0 Å². The summed E-state index contributed by atoms with van der Waals surface area (Å²) in [6.07, 6.45) is 7.22. The SMILES string of the molecule is CNC(=O)N(c1ccc(-c2cccnc2)oc1=O)C1CCCC1. The van der Waals surface area contributed by atoms with Gasteiger partial charge in [-0.3, -0.25) is 9.88 Å². The molecule has 1 N–H and O–H groups in total. The van der Waals surface area contributed by atoms with Gasteiger partial charge in [0.1, 0.15) is 11.4 Å². The van der Waals surface area contributed by atoms with Crippen molar-refractivity contribution in [2.75, 3.05) is 11.9 Å². The van der Waals surface area contributed by atoms with Crippen molar-refractivity contribution in [1.29, 1.82) is 0 Å². The van der Waals surface area contributed by atoms with Gasteiger partial charge in [0.2, 0.25) is 0 Å². The Balaban J connectivity index is 1.97. The van der Waals surface area contributed by atoms with Crippen molar-refractivity contribution in [3.8, 4) is 11.3 Å². The number of carbonyl (C=O) groups is 1. The average Bonchev–Trinajstić information content (AvgIpc) is 3.11. The van der Waals surface area contributed by atoms with Crippen LogP contribution in [0.15, 0.2) is 45.9 Å². The van der Waals surface area contributed by atoms with Crippen LogP contribution in [-0.2, 0) is 0 Å². The van der Waals surface area contributed by atoms with E-state index in [0.29, 0.717) is 5.76 Å². The second-order valence-corrected chi connectivity index (χ2v) is 5.58. The molecule has 2 heterocycles. The van der Waals surface area contributed by atoms with Gasteiger partial charge in [0.25, 0.3) is 0 Å². The molecule has 0 atom stereocenters. The van der Waals surface area contributed by atoms with E-state index in [4.69, 9.17) is 4.42 Å². The van der Waals surface area contributed by atoms with Crippen molar-refractivity contribution in [1.82, 2.24) is 10.3 Å². The number of hydrogen-bond acceptors (Lipinski definition) is 4. The first-order valence-corrected chi connectivity index (χ1v) is 7.76. The Hall–Kier alpha value is -2.63. The van der Waals surface area contributed by atoms with Gasteiger partial charge in [0, 0.05) is 31.0 Å². The fourth-order valence-electron chi connectivity index (χ4n) is 3.01. The number of anilines is 1. The highest BCUT2D eigenvalue weighted by Crippen LogP contribution is 2.28. The maximum Gasteiger partial charge on any atom is 0.360 e. The molecule has 0 radical (unpaired) electrons. The van der Waals surface area contributed by atoms with Crippen molar-refractivity contribution >= 4 is 11.7 Å². The van der Waals surface area contributed by atoms with Gasteiger partial charge in [-0.15, -0.1) is 0 Å². The van der Waals surface area contributed by atoms with E-state index in [1.807, 2.05) is 6.07 Å². The zero-order valence-corrected chi connectivity index (χ0v) is 13.0. The molecule has 0 bridgehead atoms. The van der Waals surface area contributed by atoms with E-state index in [0.717, 1.165) is 31.2 Å². The Morgan fingerprint density at radius 3 is 2.70 bits per heavy atom. The van der Waals surface area contributed by atoms with Crippen LogP contribution in [-0.4, -0.2) is 24.1 Å². The van der Waals surface area contributed by atoms with Crippen LogP contribution in [0, 0.1) is 0 Å². The van der Waals surface area contributed by atoms with Crippen molar-refractivity contribution < 1.29 is 9.21 Å². The third-order valence-corrected chi connectivity index (χ3v) is 4.13. The topological polar surface area (TPSA) is 75.4 Å². The van der Waals surface area contributed by atoms with E-state index in [9.17, 15) is 9.59 Å². The number of nitrogens with zero attached hydrogens (tertiary/aromatic N) is 2. The molecule has 6 heteroatoms.